The van der Waals surface area contributed by atoms with Gasteiger partial charge in [0, 0.05) is 29.4 Å². The lowest BCUT2D eigenvalue weighted by Crippen LogP contribution is -2.34. The lowest BCUT2D eigenvalue weighted by molar-refractivity contribution is -0.110. The minimum atomic E-state index is -0.742. The third-order valence-corrected chi connectivity index (χ3v) is 6.92. The minimum Gasteiger partial charge on any atom is -0.321 e. The van der Waals surface area contributed by atoms with Gasteiger partial charge in [-0.1, -0.05) is 32.0 Å². The molecule has 0 atom stereocenters. The SMILES string of the molecule is CCN(CC)CCCn1c(=O)/c(=C/c2ccc(F)cc2F)s/c1=C1/C(=O)Nc2ccccc21. The average molecular weight is 470 g/mol. The molecule has 0 radical (unpaired) electrons. The highest BCUT2D eigenvalue weighted by atomic mass is 32.1. The molecule has 0 unspecified atom stereocenters. The van der Waals surface area contributed by atoms with Crippen molar-refractivity contribution < 1.29 is 13.6 Å². The van der Waals surface area contributed by atoms with Crippen LogP contribution in [0.1, 0.15) is 31.4 Å². The van der Waals surface area contributed by atoms with Crippen LogP contribution in [0.2, 0.25) is 0 Å². The van der Waals surface area contributed by atoms with Gasteiger partial charge in [-0.15, -0.1) is 11.3 Å². The summed E-state index contributed by atoms with van der Waals surface area (Å²) < 4.78 is 30.0. The zero-order chi connectivity index (χ0) is 23.5. The fraction of sp³-hybridized carbons (Fsp3) is 0.280. The van der Waals surface area contributed by atoms with Crippen LogP contribution in [0.4, 0.5) is 14.5 Å². The number of hydrogen-bond donors (Lipinski definition) is 1. The number of carbonyl (C=O) groups is 1. The summed E-state index contributed by atoms with van der Waals surface area (Å²) in [5, 5.41) is 2.85. The zero-order valence-corrected chi connectivity index (χ0v) is 19.3. The Morgan fingerprint density at radius 2 is 1.85 bits per heavy atom. The molecule has 1 aliphatic rings. The molecule has 0 saturated heterocycles. The second-order valence-corrected chi connectivity index (χ2v) is 8.82. The average Bonchev–Trinajstić information content (AvgIpc) is 3.28. The fourth-order valence-corrected chi connectivity index (χ4v) is 5.17. The third kappa shape index (κ3) is 4.67. The molecule has 0 fully saturated rings. The van der Waals surface area contributed by atoms with Crippen LogP contribution in [-0.2, 0) is 11.3 Å². The predicted molar refractivity (Wildman–Crippen MR) is 128 cm³/mol. The molecule has 4 rings (SSSR count). The van der Waals surface area contributed by atoms with Crippen LogP contribution in [0.3, 0.4) is 0 Å². The number of nitrogens with one attached hydrogen (secondary N) is 1. The first kappa shape index (κ1) is 23.1. The number of benzene rings is 2. The van der Waals surface area contributed by atoms with Crippen molar-refractivity contribution in [1.29, 1.82) is 0 Å². The van der Waals surface area contributed by atoms with Gasteiger partial charge in [-0.2, -0.15) is 0 Å². The van der Waals surface area contributed by atoms with Gasteiger partial charge in [-0.25, -0.2) is 8.78 Å². The molecule has 1 aromatic heterocycles. The first-order valence-corrected chi connectivity index (χ1v) is 11.8. The first-order chi connectivity index (χ1) is 15.9. The smallest absolute Gasteiger partial charge is 0.269 e. The topological polar surface area (TPSA) is 54.3 Å². The Morgan fingerprint density at radius 1 is 1.09 bits per heavy atom. The van der Waals surface area contributed by atoms with E-state index in [4.69, 9.17) is 0 Å². The van der Waals surface area contributed by atoms with Gasteiger partial charge >= 0.3 is 0 Å². The number of anilines is 1. The second-order valence-electron chi connectivity index (χ2n) is 7.79. The summed E-state index contributed by atoms with van der Waals surface area (Å²) in [7, 11) is 0. The third-order valence-electron chi connectivity index (χ3n) is 5.79. The summed E-state index contributed by atoms with van der Waals surface area (Å²) in [6.07, 6.45) is 2.15. The van der Waals surface area contributed by atoms with Crippen LogP contribution >= 0.6 is 11.3 Å². The van der Waals surface area contributed by atoms with Gasteiger partial charge in [-0.05, 0) is 50.3 Å². The quantitative estimate of drug-likeness (QED) is 0.579. The van der Waals surface area contributed by atoms with E-state index >= 15 is 0 Å². The van der Waals surface area contributed by atoms with Gasteiger partial charge < -0.3 is 10.2 Å². The van der Waals surface area contributed by atoms with Crippen molar-refractivity contribution >= 4 is 34.6 Å². The summed E-state index contributed by atoms with van der Waals surface area (Å²) in [6, 6.07) is 10.6. The molecule has 8 heteroatoms. The maximum Gasteiger partial charge on any atom is 0.269 e. The van der Waals surface area contributed by atoms with Crippen molar-refractivity contribution in [3.8, 4) is 0 Å². The minimum absolute atomic E-state index is 0.123. The Balaban J connectivity index is 1.89. The van der Waals surface area contributed by atoms with Crippen LogP contribution in [0.25, 0.3) is 11.6 Å². The molecule has 1 amide bonds. The van der Waals surface area contributed by atoms with Gasteiger partial charge in [-0.3, -0.25) is 14.2 Å². The van der Waals surface area contributed by atoms with Gasteiger partial charge in [0.15, 0.2) is 0 Å². The number of rotatable bonds is 7. The van der Waals surface area contributed by atoms with Crippen LogP contribution in [-0.4, -0.2) is 35.0 Å². The van der Waals surface area contributed by atoms with Crippen molar-refractivity contribution in [2.45, 2.75) is 26.8 Å². The molecular weight excluding hydrogens is 444 g/mol. The van der Waals surface area contributed by atoms with Crippen molar-refractivity contribution in [3.05, 3.63) is 84.8 Å². The van der Waals surface area contributed by atoms with E-state index in [1.807, 2.05) is 24.3 Å². The van der Waals surface area contributed by atoms with Crippen molar-refractivity contribution in [2.75, 3.05) is 25.0 Å². The van der Waals surface area contributed by atoms with Crippen molar-refractivity contribution in [3.63, 3.8) is 0 Å². The van der Waals surface area contributed by atoms with Crippen LogP contribution < -0.4 is 20.1 Å². The van der Waals surface area contributed by atoms with Gasteiger partial charge in [0.2, 0.25) is 0 Å². The largest absolute Gasteiger partial charge is 0.321 e. The number of nitrogens with zero attached hydrogens (tertiary/aromatic N) is 2. The number of para-hydroxylation sites is 1. The van der Waals surface area contributed by atoms with Gasteiger partial charge in [0.1, 0.15) is 16.3 Å². The lowest BCUT2D eigenvalue weighted by Gasteiger charge is -2.17. The van der Waals surface area contributed by atoms with Crippen molar-refractivity contribution in [1.82, 2.24) is 9.47 Å². The standard InChI is InChI=1S/C25H25F2N3O2S/c1-3-29(4-2)12-7-13-30-24(32)21(14-16-10-11-17(26)15-19(16)27)33-25(30)22-18-8-5-6-9-20(18)28-23(22)31/h5-6,8-11,14-15H,3-4,7,12-13H2,1-2H3,(H,28,31)/b21-14-,25-22+. The van der Waals surface area contributed by atoms with Crippen LogP contribution in [0.15, 0.2) is 47.3 Å². The van der Waals surface area contributed by atoms with E-state index in [0.717, 1.165) is 55.1 Å². The number of fused-ring (bicyclic) bond motifs is 1. The molecule has 3 aromatic rings. The summed E-state index contributed by atoms with van der Waals surface area (Å²) in [4.78, 5) is 28.5. The molecule has 1 aliphatic heterocycles. The zero-order valence-electron chi connectivity index (χ0n) is 18.5. The second kappa shape index (κ2) is 9.80. The summed E-state index contributed by atoms with van der Waals surface area (Å²) in [5.41, 5.74) is 1.71. The fourth-order valence-electron chi connectivity index (χ4n) is 3.99. The number of aromatic nitrogens is 1. The summed E-state index contributed by atoms with van der Waals surface area (Å²) >= 11 is 1.15. The molecular formula is C25H25F2N3O2S. The Morgan fingerprint density at radius 3 is 2.58 bits per heavy atom. The van der Waals surface area contributed by atoms with E-state index in [-0.39, 0.29) is 17.0 Å². The Hall–Kier alpha value is -3.10. The maximum atomic E-state index is 14.3. The molecule has 0 bridgehead atoms. The van der Waals surface area contributed by atoms with E-state index < -0.39 is 11.6 Å². The monoisotopic (exact) mass is 469 g/mol. The highest BCUT2D eigenvalue weighted by Gasteiger charge is 2.26. The number of thiazole rings is 1. The highest BCUT2D eigenvalue weighted by molar-refractivity contribution is 7.07. The Kier molecular flexibility index (Phi) is 6.85. The van der Waals surface area contributed by atoms with E-state index in [1.165, 1.54) is 12.1 Å². The molecule has 33 heavy (non-hydrogen) atoms. The molecule has 2 heterocycles. The van der Waals surface area contributed by atoms with E-state index in [1.54, 1.807) is 4.57 Å². The number of halogens is 2. The summed E-state index contributed by atoms with van der Waals surface area (Å²) in [6.45, 7) is 7.26. The molecule has 0 aliphatic carbocycles. The van der Waals surface area contributed by atoms with Crippen LogP contribution in [0, 0.1) is 11.6 Å². The first-order valence-electron chi connectivity index (χ1n) is 11.0. The van der Waals surface area contributed by atoms with Crippen LogP contribution in [0.5, 0.6) is 0 Å². The number of amides is 1. The van der Waals surface area contributed by atoms with E-state index in [9.17, 15) is 18.4 Å². The lowest BCUT2D eigenvalue weighted by atomic mass is 10.1. The highest BCUT2D eigenvalue weighted by Crippen LogP contribution is 2.29. The normalized spacial score (nSPS) is 15.3. The molecule has 5 nitrogen and oxygen atoms in total. The molecule has 0 spiro atoms. The predicted octanol–water partition coefficient (Wildman–Crippen LogP) is 2.90. The number of hydrogen-bond acceptors (Lipinski definition) is 4. The molecule has 172 valence electrons. The van der Waals surface area contributed by atoms with Gasteiger partial charge in [0.25, 0.3) is 11.5 Å². The number of carbonyl (C=O) groups excluding carboxylic acids is 1. The molecule has 1 N–H and O–H groups in total. The van der Waals surface area contributed by atoms with E-state index in [2.05, 4.69) is 24.1 Å². The Bertz CT molecular complexity index is 1370. The summed E-state index contributed by atoms with van der Waals surface area (Å²) in [5.74, 6) is -1.69. The molecule has 0 saturated carbocycles. The van der Waals surface area contributed by atoms with Gasteiger partial charge in [0.05, 0.1) is 10.1 Å². The Labute approximate surface area is 194 Å². The molecule has 2 aromatic carbocycles. The van der Waals surface area contributed by atoms with E-state index in [0.29, 0.717) is 27.0 Å². The maximum absolute atomic E-state index is 14.3. The van der Waals surface area contributed by atoms with Crippen molar-refractivity contribution in [2.24, 2.45) is 0 Å².